The molecule has 1 N–H and O–H groups in total. The van der Waals surface area contributed by atoms with Crippen molar-refractivity contribution in [3.8, 4) is 5.75 Å². The van der Waals surface area contributed by atoms with Gasteiger partial charge in [0, 0.05) is 10.9 Å². The Morgan fingerprint density at radius 3 is 3.00 bits per heavy atom. The van der Waals surface area contributed by atoms with Crippen LogP contribution in [0.4, 0.5) is 4.39 Å². The second kappa shape index (κ2) is 5.05. The Balaban J connectivity index is 2.14. The smallest absolute Gasteiger partial charge is 0.165 e. The second-order valence-electron chi connectivity index (χ2n) is 3.15. The number of aliphatic hydroxyl groups excluding tert-OH is 1. The Bertz CT molecular complexity index is 459. The van der Waals surface area contributed by atoms with Gasteiger partial charge < -0.3 is 9.84 Å². The predicted octanol–water partition coefficient (Wildman–Crippen LogP) is 2.35. The van der Waals surface area contributed by atoms with Gasteiger partial charge in [-0.05, 0) is 6.07 Å². The summed E-state index contributed by atoms with van der Waals surface area (Å²) < 4.78 is 18.7. The molecule has 5 heteroatoms. The molecule has 16 heavy (non-hydrogen) atoms. The zero-order valence-corrected chi connectivity index (χ0v) is 9.21. The van der Waals surface area contributed by atoms with Crippen molar-refractivity contribution in [1.82, 2.24) is 4.98 Å². The van der Waals surface area contributed by atoms with Gasteiger partial charge in [-0.2, -0.15) is 0 Å². The Labute approximate surface area is 96.2 Å². The van der Waals surface area contributed by atoms with E-state index in [2.05, 4.69) is 4.98 Å². The maximum Gasteiger partial charge on any atom is 0.165 e. The van der Waals surface area contributed by atoms with Crippen molar-refractivity contribution in [2.24, 2.45) is 0 Å². The molecular formula is C11H10FNO2S. The molecule has 0 aliphatic rings. The molecule has 2 rings (SSSR count). The summed E-state index contributed by atoms with van der Waals surface area (Å²) in [6.45, 7) is -0.0401. The molecule has 1 aromatic heterocycles. The molecule has 84 valence electrons. The summed E-state index contributed by atoms with van der Waals surface area (Å²) >= 11 is 1.45. The van der Waals surface area contributed by atoms with E-state index in [0.717, 1.165) is 5.69 Å². The molecule has 1 heterocycles. The normalized spacial score (nSPS) is 10.4. The highest BCUT2D eigenvalue weighted by Crippen LogP contribution is 2.23. The molecule has 0 saturated heterocycles. The van der Waals surface area contributed by atoms with E-state index in [9.17, 15) is 4.39 Å². The molecule has 0 radical (unpaired) electrons. The van der Waals surface area contributed by atoms with E-state index >= 15 is 0 Å². The predicted molar refractivity (Wildman–Crippen MR) is 58.8 cm³/mol. The van der Waals surface area contributed by atoms with Gasteiger partial charge in [-0.25, -0.2) is 9.37 Å². The zero-order valence-electron chi connectivity index (χ0n) is 8.39. The molecule has 0 bridgehead atoms. The molecule has 1 aromatic carbocycles. The van der Waals surface area contributed by atoms with Crippen LogP contribution >= 0.6 is 11.3 Å². The van der Waals surface area contributed by atoms with Crippen LogP contribution in [-0.4, -0.2) is 10.1 Å². The van der Waals surface area contributed by atoms with E-state index in [0.29, 0.717) is 5.56 Å². The zero-order chi connectivity index (χ0) is 11.4. The molecule has 0 atom stereocenters. The van der Waals surface area contributed by atoms with Crippen LogP contribution in [0.2, 0.25) is 0 Å². The van der Waals surface area contributed by atoms with Gasteiger partial charge in [0.15, 0.2) is 11.6 Å². The average Bonchev–Trinajstić information content (AvgIpc) is 2.80. The third-order valence-corrected chi connectivity index (χ3v) is 2.70. The third-order valence-electron chi connectivity index (χ3n) is 2.07. The van der Waals surface area contributed by atoms with Gasteiger partial charge in [0.25, 0.3) is 0 Å². The van der Waals surface area contributed by atoms with E-state index in [1.165, 1.54) is 23.5 Å². The topological polar surface area (TPSA) is 42.4 Å². The third kappa shape index (κ3) is 2.37. The first-order valence-electron chi connectivity index (χ1n) is 4.69. The molecular weight excluding hydrogens is 229 g/mol. The Morgan fingerprint density at radius 2 is 2.31 bits per heavy atom. The van der Waals surface area contributed by atoms with Gasteiger partial charge in [-0.15, -0.1) is 11.3 Å². The summed E-state index contributed by atoms with van der Waals surface area (Å²) in [6.07, 6.45) is 0. The lowest BCUT2D eigenvalue weighted by atomic mass is 10.2. The van der Waals surface area contributed by atoms with Crippen LogP contribution in [0, 0.1) is 5.82 Å². The fourth-order valence-electron chi connectivity index (χ4n) is 1.29. The number of nitrogens with zero attached hydrogens (tertiary/aromatic N) is 1. The van der Waals surface area contributed by atoms with Crippen molar-refractivity contribution in [1.29, 1.82) is 0 Å². The number of ether oxygens (including phenoxy) is 1. The van der Waals surface area contributed by atoms with Crippen LogP contribution in [0.5, 0.6) is 5.75 Å². The molecule has 2 aromatic rings. The standard InChI is InChI=1S/C11H10FNO2S/c12-10-3-1-2-8(4-14)11(10)15-5-9-6-16-7-13-9/h1-3,6-7,14H,4-5H2. The van der Waals surface area contributed by atoms with Crippen molar-refractivity contribution < 1.29 is 14.2 Å². The summed E-state index contributed by atoms with van der Waals surface area (Å²) in [5.41, 5.74) is 2.87. The Morgan fingerprint density at radius 1 is 1.44 bits per heavy atom. The Hall–Kier alpha value is -1.46. The maximum atomic E-state index is 13.4. The summed E-state index contributed by atoms with van der Waals surface area (Å²) in [7, 11) is 0. The summed E-state index contributed by atoms with van der Waals surface area (Å²) in [6, 6.07) is 4.46. The lowest BCUT2D eigenvalue weighted by molar-refractivity contribution is 0.250. The van der Waals surface area contributed by atoms with Gasteiger partial charge in [0.1, 0.15) is 6.61 Å². The molecule has 0 amide bonds. The number of thiazole rings is 1. The summed E-state index contributed by atoms with van der Waals surface area (Å²) in [5, 5.41) is 10.9. The quantitative estimate of drug-likeness (QED) is 0.890. The summed E-state index contributed by atoms with van der Waals surface area (Å²) in [5.74, 6) is -0.375. The number of benzene rings is 1. The highest BCUT2D eigenvalue weighted by atomic mass is 32.1. The first-order valence-corrected chi connectivity index (χ1v) is 5.63. The van der Waals surface area contributed by atoms with Gasteiger partial charge in [-0.1, -0.05) is 12.1 Å². The lowest BCUT2D eigenvalue weighted by Gasteiger charge is -2.09. The number of rotatable bonds is 4. The summed E-state index contributed by atoms with van der Waals surface area (Å²) in [4.78, 5) is 4.03. The number of para-hydroxylation sites is 1. The van der Waals surface area contributed by atoms with E-state index < -0.39 is 5.82 Å². The van der Waals surface area contributed by atoms with Crippen molar-refractivity contribution in [2.45, 2.75) is 13.2 Å². The average molecular weight is 239 g/mol. The van der Waals surface area contributed by atoms with Crippen molar-refractivity contribution in [3.05, 3.63) is 46.2 Å². The van der Waals surface area contributed by atoms with Crippen LogP contribution < -0.4 is 4.74 Å². The molecule has 0 aliphatic heterocycles. The number of hydrogen-bond acceptors (Lipinski definition) is 4. The van der Waals surface area contributed by atoms with Gasteiger partial charge in [0.2, 0.25) is 0 Å². The second-order valence-corrected chi connectivity index (χ2v) is 3.87. The van der Waals surface area contributed by atoms with Crippen LogP contribution in [0.15, 0.2) is 29.1 Å². The first-order chi connectivity index (χ1) is 7.81. The van der Waals surface area contributed by atoms with E-state index in [1.807, 2.05) is 5.38 Å². The largest absolute Gasteiger partial charge is 0.484 e. The van der Waals surface area contributed by atoms with Crippen LogP contribution in [0.1, 0.15) is 11.3 Å². The van der Waals surface area contributed by atoms with Gasteiger partial charge >= 0.3 is 0 Å². The van der Waals surface area contributed by atoms with E-state index in [1.54, 1.807) is 11.6 Å². The Kier molecular flexibility index (Phi) is 3.48. The fourth-order valence-corrected chi connectivity index (χ4v) is 1.84. The highest BCUT2D eigenvalue weighted by molar-refractivity contribution is 7.07. The van der Waals surface area contributed by atoms with E-state index in [4.69, 9.17) is 9.84 Å². The maximum absolute atomic E-state index is 13.4. The molecule has 0 aliphatic carbocycles. The lowest BCUT2D eigenvalue weighted by Crippen LogP contribution is -2.01. The number of hydrogen-bond donors (Lipinski definition) is 1. The van der Waals surface area contributed by atoms with Crippen molar-refractivity contribution in [2.75, 3.05) is 0 Å². The minimum Gasteiger partial charge on any atom is -0.484 e. The first kappa shape index (κ1) is 11.0. The molecule has 0 saturated carbocycles. The number of aromatic nitrogens is 1. The number of halogens is 1. The minimum absolute atomic E-state index is 0.0954. The van der Waals surface area contributed by atoms with Gasteiger partial charge in [-0.3, -0.25) is 0 Å². The van der Waals surface area contributed by atoms with E-state index in [-0.39, 0.29) is 19.0 Å². The van der Waals surface area contributed by atoms with Crippen molar-refractivity contribution in [3.63, 3.8) is 0 Å². The van der Waals surface area contributed by atoms with Crippen LogP contribution in [0.25, 0.3) is 0 Å². The molecule has 3 nitrogen and oxygen atoms in total. The molecule has 0 fully saturated rings. The molecule has 0 spiro atoms. The highest BCUT2D eigenvalue weighted by Gasteiger charge is 2.09. The minimum atomic E-state index is -0.471. The monoisotopic (exact) mass is 239 g/mol. The number of aliphatic hydroxyl groups is 1. The SMILES string of the molecule is OCc1cccc(F)c1OCc1cscn1. The van der Waals surface area contributed by atoms with Crippen LogP contribution in [-0.2, 0) is 13.2 Å². The van der Waals surface area contributed by atoms with Crippen LogP contribution in [0.3, 0.4) is 0 Å². The fraction of sp³-hybridized carbons (Fsp3) is 0.182. The van der Waals surface area contributed by atoms with Gasteiger partial charge in [0.05, 0.1) is 17.8 Å². The van der Waals surface area contributed by atoms with Crippen molar-refractivity contribution >= 4 is 11.3 Å². The molecule has 0 unspecified atom stereocenters.